The summed E-state index contributed by atoms with van der Waals surface area (Å²) in [4.78, 5) is 5.66. The van der Waals surface area contributed by atoms with Crippen LogP contribution in [0.15, 0.2) is 42.5 Å². The number of piperidine rings is 1. The molecule has 0 radical (unpaired) electrons. The fourth-order valence-corrected chi connectivity index (χ4v) is 6.62. The topological polar surface area (TPSA) is 85.9 Å². The summed E-state index contributed by atoms with van der Waals surface area (Å²) in [6.45, 7) is 1.71. The van der Waals surface area contributed by atoms with Gasteiger partial charge in [-0.25, -0.2) is 17.1 Å². The Morgan fingerprint density at radius 1 is 1.21 bits per heavy atom. The number of aliphatic hydroxyl groups excluding tert-OH is 1. The summed E-state index contributed by atoms with van der Waals surface area (Å²) in [5.41, 5.74) is 3.23. The van der Waals surface area contributed by atoms with Gasteiger partial charge in [0.15, 0.2) is 0 Å². The summed E-state index contributed by atoms with van der Waals surface area (Å²) in [5.74, 6) is 0.461. The third-order valence-electron chi connectivity index (χ3n) is 7.50. The molecule has 2 aliphatic rings. The van der Waals surface area contributed by atoms with E-state index in [1.807, 2.05) is 24.3 Å². The zero-order valence-electron chi connectivity index (χ0n) is 19.4. The smallest absolute Gasteiger partial charge is 0.211 e. The van der Waals surface area contributed by atoms with Crippen molar-refractivity contribution >= 4 is 20.9 Å². The first-order chi connectivity index (χ1) is 16.3. The molecule has 7 nitrogen and oxygen atoms in total. The predicted octanol–water partition coefficient (Wildman–Crippen LogP) is 3.16. The van der Waals surface area contributed by atoms with Gasteiger partial charge in [-0.15, -0.1) is 0 Å². The molecule has 2 aliphatic heterocycles. The molecule has 1 atom stereocenters. The first-order valence-electron chi connectivity index (χ1n) is 11.5. The number of H-pyrrole nitrogens is 1. The van der Waals surface area contributed by atoms with E-state index in [0.29, 0.717) is 44.6 Å². The van der Waals surface area contributed by atoms with Gasteiger partial charge in [0.1, 0.15) is 11.6 Å². The number of aromatic nitrogens is 1. The Morgan fingerprint density at radius 3 is 2.59 bits per heavy atom. The third-order valence-corrected chi connectivity index (χ3v) is 8.80. The van der Waals surface area contributed by atoms with E-state index >= 15 is 0 Å². The molecule has 3 heterocycles. The van der Waals surface area contributed by atoms with E-state index in [0.717, 1.165) is 27.9 Å². The summed E-state index contributed by atoms with van der Waals surface area (Å²) >= 11 is 0. The minimum absolute atomic E-state index is 0.114. The summed E-state index contributed by atoms with van der Waals surface area (Å²) in [7, 11) is -1.65. The van der Waals surface area contributed by atoms with Gasteiger partial charge in [0.2, 0.25) is 10.0 Å². The van der Waals surface area contributed by atoms with Crippen LogP contribution in [0.3, 0.4) is 0 Å². The fourth-order valence-electron chi connectivity index (χ4n) is 5.78. The van der Waals surface area contributed by atoms with Crippen molar-refractivity contribution in [1.82, 2.24) is 14.2 Å². The predicted molar refractivity (Wildman–Crippen MR) is 129 cm³/mol. The van der Waals surface area contributed by atoms with Crippen LogP contribution in [0.2, 0.25) is 0 Å². The summed E-state index contributed by atoms with van der Waals surface area (Å²) in [6, 6.07) is 12.3. The van der Waals surface area contributed by atoms with Gasteiger partial charge < -0.3 is 14.8 Å². The quantitative estimate of drug-likeness (QED) is 0.578. The van der Waals surface area contributed by atoms with Crippen LogP contribution in [-0.4, -0.2) is 67.3 Å². The Kier molecular flexibility index (Phi) is 5.92. The average molecular weight is 488 g/mol. The third kappa shape index (κ3) is 3.90. The summed E-state index contributed by atoms with van der Waals surface area (Å²) in [6.07, 6.45) is 2.55. The van der Waals surface area contributed by atoms with Gasteiger partial charge in [0.05, 0.1) is 26.0 Å². The molecule has 9 heteroatoms. The molecule has 182 valence electrons. The van der Waals surface area contributed by atoms with Crippen molar-refractivity contribution in [3.63, 3.8) is 0 Å². The highest BCUT2D eigenvalue weighted by Gasteiger charge is 2.48. The van der Waals surface area contributed by atoms with Gasteiger partial charge in [-0.05, 0) is 36.6 Å². The average Bonchev–Trinajstić information content (AvgIpc) is 3.20. The van der Waals surface area contributed by atoms with Gasteiger partial charge in [0.25, 0.3) is 0 Å². The van der Waals surface area contributed by atoms with Crippen LogP contribution in [0.25, 0.3) is 10.9 Å². The standard InChI is InChI=1S/C25H30FN3O4S/c1-33-18-7-8-19-21(13-18)27-24-22(15-30)28(14-17-5-3-4-6-20(17)26)16-25(23(19)24)9-11-29(12-10-25)34(2,31)32/h3-8,13,22,27,30H,9-12,14-16H2,1-2H3/t22-/m1/s1. The zero-order valence-corrected chi connectivity index (χ0v) is 20.2. The van der Waals surface area contributed by atoms with Crippen molar-refractivity contribution in [1.29, 1.82) is 0 Å². The molecule has 0 unspecified atom stereocenters. The first-order valence-corrected chi connectivity index (χ1v) is 13.3. The van der Waals surface area contributed by atoms with E-state index in [-0.39, 0.29) is 23.9 Å². The second kappa shape index (κ2) is 8.64. The molecule has 5 rings (SSSR count). The van der Waals surface area contributed by atoms with Gasteiger partial charge in [-0.2, -0.15) is 0 Å². The molecule has 0 aliphatic carbocycles. The maximum Gasteiger partial charge on any atom is 0.211 e. The van der Waals surface area contributed by atoms with Gasteiger partial charge in [0, 0.05) is 59.8 Å². The molecule has 1 saturated heterocycles. The van der Waals surface area contributed by atoms with E-state index in [2.05, 4.69) is 9.88 Å². The Hall–Kier alpha value is -2.46. The van der Waals surface area contributed by atoms with E-state index in [4.69, 9.17) is 4.74 Å². The molecule has 34 heavy (non-hydrogen) atoms. The molecule has 1 spiro atoms. The normalized spacial score (nSPS) is 21.1. The molecule has 3 aromatic rings. The number of fused-ring (bicyclic) bond motifs is 4. The number of sulfonamides is 1. The van der Waals surface area contributed by atoms with Crippen LogP contribution >= 0.6 is 0 Å². The van der Waals surface area contributed by atoms with Crippen molar-refractivity contribution in [3.8, 4) is 5.75 Å². The Bertz CT molecular complexity index is 1310. The molecule has 2 N–H and O–H groups in total. The number of aliphatic hydroxyl groups is 1. The number of halogens is 1. The fraction of sp³-hybridized carbons (Fsp3) is 0.440. The Morgan fingerprint density at radius 2 is 1.94 bits per heavy atom. The van der Waals surface area contributed by atoms with Gasteiger partial charge in [-0.1, -0.05) is 18.2 Å². The van der Waals surface area contributed by atoms with Crippen molar-refractivity contribution in [3.05, 3.63) is 65.1 Å². The number of hydrogen-bond donors (Lipinski definition) is 2. The lowest BCUT2D eigenvalue weighted by molar-refractivity contribution is 0.0528. The SMILES string of the molecule is COc1ccc2c3c([nH]c2c1)[C@@H](CO)N(Cc1ccccc1F)CC31CCN(S(C)(=O)=O)CC1. The largest absolute Gasteiger partial charge is 0.497 e. The van der Waals surface area contributed by atoms with Crippen LogP contribution in [-0.2, 0) is 22.0 Å². The lowest BCUT2D eigenvalue weighted by atomic mass is 9.68. The number of methoxy groups -OCH3 is 1. The Balaban J connectivity index is 1.63. The zero-order chi connectivity index (χ0) is 24.1. The molecular formula is C25H30FN3O4S. The van der Waals surface area contributed by atoms with Crippen LogP contribution < -0.4 is 4.74 Å². The van der Waals surface area contributed by atoms with E-state index in [1.54, 1.807) is 19.2 Å². The van der Waals surface area contributed by atoms with Crippen molar-refractivity contribution in [2.75, 3.05) is 39.6 Å². The number of nitrogens with zero attached hydrogens (tertiary/aromatic N) is 2. The van der Waals surface area contributed by atoms with Crippen LogP contribution in [0.5, 0.6) is 5.75 Å². The number of benzene rings is 2. The summed E-state index contributed by atoms with van der Waals surface area (Å²) in [5, 5.41) is 11.5. The second-order valence-electron chi connectivity index (χ2n) is 9.46. The molecule has 1 aromatic heterocycles. The van der Waals surface area contributed by atoms with Gasteiger partial charge >= 0.3 is 0 Å². The maximum atomic E-state index is 14.6. The molecular weight excluding hydrogens is 457 g/mol. The number of nitrogens with one attached hydrogen (secondary N) is 1. The lowest BCUT2D eigenvalue weighted by Crippen LogP contribution is -2.54. The highest BCUT2D eigenvalue weighted by molar-refractivity contribution is 7.88. The lowest BCUT2D eigenvalue weighted by Gasteiger charge is -2.50. The molecule has 2 aromatic carbocycles. The van der Waals surface area contributed by atoms with Crippen molar-refractivity contribution < 1.29 is 22.7 Å². The number of rotatable bonds is 5. The first kappa shape index (κ1) is 23.3. The number of ether oxygens (including phenoxy) is 1. The molecule has 0 saturated carbocycles. The van der Waals surface area contributed by atoms with E-state index in [9.17, 15) is 17.9 Å². The number of aromatic amines is 1. The monoisotopic (exact) mass is 487 g/mol. The Labute approximate surface area is 199 Å². The molecule has 0 bridgehead atoms. The summed E-state index contributed by atoms with van der Waals surface area (Å²) < 4.78 is 45.9. The van der Waals surface area contributed by atoms with Crippen molar-refractivity contribution in [2.45, 2.75) is 30.8 Å². The maximum absolute atomic E-state index is 14.6. The van der Waals surface area contributed by atoms with Crippen LogP contribution in [0.4, 0.5) is 4.39 Å². The van der Waals surface area contributed by atoms with Gasteiger partial charge in [-0.3, -0.25) is 4.90 Å². The van der Waals surface area contributed by atoms with E-state index < -0.39 is 10.0 Å². The number of hydrogen-bond acceptors (Lipinski definition) is 5. The molecule has 1 fully saturated rings. The second-order valence-corrected chi connectivity index (χ2v) is 11.4. The minimum atomic E-state index is -3.27. The van der Waals surface area contributed by atoms with Crippen LogP contribution in [0.1, 0.15) is 35.7 Å². The molecule has 0 amide bonds. The van der Waals surface area contributed by atoms with Crippen molar-refractivity contribution in [2.24, 2.45) is 0 Å². The van der Waals surface area contributed by atoms with E-state index in [1.165, 1.54) is 16.6 Å². The van der Waals surface area contributed by atoms with Crippen LogP contribution in [0, 0.1) is 5.82 Å². The highest BCUT2D eigenvalue weighted by Crippen LogP contribution is 2.49. The minimum Gasteiger partial charge on any atom is -0.497 e. The highest BCUT2D eigenvalue weighted by atomic mass is 32.2.